The van der Waals surface area contributed by atoms with Crippen molar-refractivity contribution in [1.82, 2.24) is 9.80 Å². The molecular formula is C34H36Cl2N6O3. The molecule has 2 amide bonds. The number of ether oxygens (including phenoxy) is 1. The number of nitrogens with two attached hydrogens (primary N) is 1. The summed E-state index contributed by atoms with van der Waals surface area (Å²) < 4.78 is 5.59. The second-order valence-electron chi connectivity index (χ2n) is 12.2. The van der Waals surface area contributed by atoms with Gasteiger partial charge in [-0.05, 0) is 91.5 Å². The van der Waals surface area contributed by atoms with Gasteiger partial charge in [0, 0.05) is 18.5 Å². The molecule has 2 unspecified atom stereocenters. The fraction of sp³-hybridized carbons (Fsp3) is 0.382. The van der Waals surface area contributed by atoms with Crippen LogP contribution in [0.2, 0.25) is 10.0 Å². The van der Waals surface area contributed by atoms with Gasteiger partial charge in [0.2, 0.25) is 5.91 Å². The molecule has 9 nitrogen and oxygen atoms in total. The van der Waals surface area contributed by atoms with E-state index in [2.05, 4.69) is 20.3 Å². The SMILES string of the molecule is COc1ccc(C2C=NN=N2)cc1C(=O)N1CCC(CCN2CCC(C(N)=O)(c3ccccc3)CC2)(c2ccc(Cl)c(Cl)c2)C1. The normalized spacial score (nSPS) is 22.6. The summed E-state index contributed by atoms with van der Waals surface area (Å²) >= 11 is 12.8. The third-order valence-corrected chi connectivity index (χ3v) is 10.6. The number of primary amides is 1. The van der Waals surface area contributed by atoms with E-state index in [-0.39, 0.29) is 23.3 Å². The molecule has 2 N–H and O–H groups in total. The van der Waals surface area contributed by atoms with Crippen LogP contribution in [0, 0.1) is 0 Å². The Kier molecular flexibility index (Phi) is 8.95. The lowest BCUT2D eigenvalue weighted by molar-refractivity contribution is -0.125. The van der Waals surface area contributed by atoms with Crippen LogP contribution >= 0.6 is 23.2 Å². The van der Waals surface area contributed by atoms with Gasteiger partial charge < -0.3 is 20.3 Å². The second-order valence-corrected chi connectivity index (χ2v) is 13.0. The summed E-state index contributed by atoms with van der Waals surface area (Å²) in [5.41, 5.74) is 8.35. The van der Waals surface area contributed by atoms with Crippen LogP contribution in [-0.2, 0) is 15.6 Å². The summed E-state index contributed by atoms with van der Waals surface area (Å²) in [5, 5.41) is 12.7. The molecule has 2 fully saturated rings. The molecule has 0 spiro atoms. The average molecular weight is 648 g/mol. The monoisotopic (exact) mass is 646 g/mol. The molecule has 3 aromatic rings. The maximum absolute atomic E-state index is 14.1. The fourth-order valence-corrected chi connectivity index (χ4v) is 7.33. The van der Waals surface area contributed by atoms with Crippen LogP contribution in [0.5, 0.6) is 5.75 Å². The maximum atomic E-state index is 14.1. The molecule has 0 radical (unpaired) electrons. The van der Waals surface area contributed by atoms with Gasteiger partial charge in [-0.15, -0.1) is 5.10 Å². The molecule has 0 saturated carbocycles. The first-order chi connectivity index (χ1) is 21.7. The van der Waals surface area contributed by atoms with Gasteiger partial charge in [0.25, 0.3) is 5.91 Å². The highest BCUT2D eigenvalue weighted by Gasteiger charge is 2.44. The Morgan fingerprint density at radius 3 is 2.40 bits per heavy atom. The minimum Gasteiger partial charge on any atom is -0.496 e. The van der Waals surface area contributed by atoms with E-state index in [0.717, 1.165) is 49.2 Å². The quantitative estimate of drug-likeness (QED) is 0.299. The molecule has 45 heavy (non-hydrogen) atoms. The molecule has 6 rings (SSSR count). The molecule has 3 heterocycles. The van der Waals surface area contributed by atoms with Crippen LogP contribution in [0.1, 0.15) is 58.8 Å². The first kappa shape index (κ1) is 31.2. The van der Waals surface area contributed by atoms with Crippen molar-refractivity contribution in [3.63, 3.8) is 0 Å². The Hall–Kier alpha value is -3.79. The van der Waals surface area contributed by atoms with Crippen molar-refractivity contribution in [3.05, 3.63) is 99.0 Å². The number of carbonyl (C=O) groups is 2. The van der Waals surface area contributed by atoms with E-state index in [1.165, 1.54) is 0 Å². The van der Waals surface area contributed by atoms with Crippen LogP contribution < -0.4 is 10.5 Å². The molecular weight excluding hydrogens is 611 g/mol. The highest BCUT2D eigenvalue weighted by atomic mass is 35.5. The summed E-state index contributed by atoms with van der Waals surface area (Å²) in [7, 11) is 1.57. The zero-order chi connectivity index (χ0) is 31.6. The van der Waals surface area contributed by atoms with Crippen molar-refractivity contribution in [2.45, 2.75) is 42.6 Å². The van der Waals surface area contributed by atoms with E-state index in [0.29, 0.717) is 47.3 Å². The summed E-state index contributed by atoms with van der Waals surface area (Å²) in [4.78, 5) is 31.1. The van der Waals surface area contributed by atoms with Gasteiger partial charge in [0.15, 0.2) is 0 Å². The Morgan fingerprint density at radius 1 is 0.956 bits per heavy atom. The largest absolute Gasteiger partial charge is 0.496 e. The molecule has 3 aliphatic heterocycles. The molecule has 0 aliphatic carbocycles. The Balaban J connectivity index is 1.22. The lowest BCUT2D eigenvalue weighted by Gasteiger charge is -2.41. The number of benzene rings is 3. The van der Waals surface area contributed by atoms with E-state index in [4.69, 9.17) is 33.7 Å². The van der Waals surface area contributed by atoms with Crippen molar-refractivity contribution in [1.29, 1.82) is 0 Å². The van der Waals surface area contributed by atoms with Gasteiger partial charge in [0.05, 0.1) is 34.3 Å². The number of piperidine rings is 1. The van der Waals surface area contributed by atoms with Gasteiger partial charge in [-0.25, -0.2) is 0 Å². The minimum atomic E-state index is -0.658. The zero-order valence-electron chi connectivity index (χ0n) is 25.2. The molecule has 2 saturated heterocycles. The topological polar surface area (TPSA) is 113 Å². The van der Waals surface area contributed by atoms with Crippen molar-refractivity contribution < 1.29 is 14.3 Å². The van der Waals surface area contributed by atoms with Crippen molar-refractivity contribution in [3.8, 4) is 5.75 Å². The van der Waals surface area contributed by atoms with Crippen molar-refractivity contribution >= 4 is 41.2 Å². The zero-order valence-corrected chi connectivity index (χ0v) is 26.7. The lowest BCUT2D eigenvalue weighted by Crippen LogP contribution is -2.50. The number of amides is 2. The van der Waals surface area contributed by atoms with Crippen LogP contribution in [0.15, 0.2) is 82.2 Å². The van der Waals surface area contributed by atoms with Gasteiger partial charge in [-0.3, -0.25) is 9.59 Å². The molecule has 2 atom stereocenters. The number of hydrogen-bond acceptors (Lipinski definition) is 7. The number of halogens is 2. The summed E-state index contributed by atoms with van der Waals surface area (Å²) in [6, 6.07) is 20.8. The maximum Gasteiger partial charge on any atom is 0.257 e. The average Bonchev–Trinajstić information content (AvgIpc) is 3.77. The van der Waals surface area contributed by atoms with Crippen LogP contribution in [-0.4, -0.2) is 67.7 Å². The number of likely N-dealkylation sites (tertiary alicyclic amines) is 2. The minimum absolute atomic E-state index is 0.102. The number of carbonyl (C=O) groups excluding carboxylic acids is 2. The third kappa shape index (κ3) is 6.09. The highest BCUT2D eigenvalue weighted by molar-refractivity contribution is 6.42. The Bertz CT molecular complexity index is 1630. The lowest BCUT2D eigenvalue weighted by atomic mass is 9.71. The van der Waals surface area contributed by atoms with E-state index >= 15 is 0 Å². The van der Waals surface area contributed by atoms with Gasteiger partial charge >= 0.3 is 0 Å². The van der Waals surface area contributed by atoms with Crippen molar-refractivity contribution in [2.75, 3.05) is 39.8 Å². The highest BCUT2D eigenvalue weighted by Crippen LogP contribution is 2.42. The molecule has 0 aromatic heterocycles. The van der Waals surface area contributed by atoms with Gasteiger partial charge in [-0.2, -0.15) is 5.11 Å². The summed E-state index contributed by atoms with van der Waals surface area (Å²) in [6.45, 7) is 3.41. The summed E-state index contributed by atoms with van der Waals surface area (Å²) in [5.74, 6) is 0.135. The van der Waals surface area contributed by atoms with Gasteiger partial charge in [-0.1, -0.05) is 65.7 Å². The van der Waals surface area contributed by atoms with E-state index in [1.54, 1.807) is 19.4 Å². The summed E-state index contributed by atoms with van der Waals surface area (Å²) in [6.07, 6.45) is 4.55. The molecule has 234 valence electrons. The smallest absolute Gasteiger partial charge is 0.257 e. The number of hydrogen-bond donors (Lipinski definition) is 1. The predicted molar refractivity (Wildman–Crippen MR) is 175 cm³/mol. The van der Waals surface area contributed by atoms with E-state index < -0.39 is 5.41 Å². The first-order valence-electron chi connectivity index (χ1n) is 15.2. The van der Waals surface area contributed by atoms with Crippen LogP contribution in [0.3, 0.4) is 0 Å². The molecule has 11 heteroatoms. The first-order valence-corrected chi connectivity index (χ1v) is 15.9. The molecule has 3 aliphatic rings. The van der Waals surface area contributed by atoms with Gasteiger partial charge in [0.1, 0.15) is 11.8 Å². The van der Waals surface area contributed by atoms with Crippen LogP contribution in [0.25, 0.3) is 0 Å². The molecule has 0 bridgehead atoms. The Labute approximate surface area is 273 Å². The fourth-order valence-electron chi connectivity index (χ4n) is 7.03. The Morgan fingerprint density at radius 2 is 1.73 bits per heavy atom. The number of nitrogens with zero attached hydrogens (tertiary/aromatic N) is 5. The molecule has 3 aromatic carbocycles. The third-order valence-electron chi connectivity index (χ3n) is 9.82. The van der Waals surface area contributed by atoms with Crippen molar-refractivity contribution in [2.24, 2.45) is 21.2 Å². The number of rotatable bonds is 9. The van der Waals surface area contributed by atoms with E-state index in [1.807, 2.05) is 65.6 Å². The standard InChI is InChI=1S/C34H36Cl2N6O3/c1-45-30-10-7-23(29-21-38-40-39-29)19-26(30)31(43)42-18-12-33(22-42,25-8-9-27(35)28(36)20-25)11-15-41-16-13-34(14-17-41,32(37)44)24-5-3-2-4-6-24/h2-10,19-21,29H,11-18,22H2,1H3,(H2,37,44). The second kappa shape index (κ2) is 12.9. The predicted octanol–water partition coefficient (Wildman–Crippen LogP) is 6.19. The van der Waals surface area contributed by atoms with Crippen LogP contribution in [0.4, 0.5) is 0 Å². The van der Waals surface area contributed by atoms with E-state index in [9.17, 15) is 9.59 Å². The number of methoxy groups -OCH3 is 1.